The highest BCUT2D eigenvalue weighted by atomic mass is 35.5. The number of carbonyl (C=O) groups excluding carboxylic acids is 2. The minimum absolute atomic E-state index is 0.0246. The van der Waals surface area contributed by atoms with Crippen LogP contribution in [0.4, 0.5) is 11.4 Å². The molecule has 0 radical (unpaired) electrons. The number of hydrogen-bond donors (Lipinski definition) is 2. The van der Waals surface area contributed by atoms with Crippen LogP contribution in [-0.2, 0) is 9.59 Å². The lowest BCUT2D eigenvalue weighted by Crippen LogP contribution is -2.14. The SMILES string of the molecule is CCCCC(=O)Nc1ccc2nc(SCC(=O)Nc3ccccc3Cl)sc2c1. The highest BCUT2D eigenvalue weighted by Gasteiger charge is 2.10. The van der Waals surface area contributed by atoms with Gasteiger partial charge in [0, 0.05) is 12.1 Å². The van der Waals surface area contributed by atoms with Crippen molar-refractivity contribution in [3.8, 4) is 0 Å². The number of nitrogens with zero attached hydrogens (tertiary/aromatic N) is 1. The molecule has 0 aliphatic carbocycles. The largest absolute Gasteiger partial charge is 0.326 e. The number of anilines is 2. The standard InChI is InChI=1S/C20H20ClN3O2S2/c1-2-3-8-18(25)22-13-9-10-16-17(11-13)28-20(24-16)27-12-19(26)23-15-7-5-4-6-14(15)21/h4-7,9-11H,2-3,8,12H2,1H3,(H,22,25)(H,23,26). The monoisotopic (exact) mass is 433 g/mol. The normalized spacial score (nSPS) is 10.8. The summed E-state index contributed by atoms with van der Waals surface area (Å²) >= 11 is 8.93. The van der Waals surface area contributed by atoms with Gasteiger partial charge in [-0.2, -0.15) is 0 Å². The molecule has 0 saturated carbocycles. The molecule has 0 unspecified atom stereocenters. The number of carbonyl (C=O) groups is 2. The lowest BCUT2D eigenvalue weighted by atomic mass is 10.2. The van der Waals surface area contributed by atoms with E-state index in [0.29, 0.717) is 17.1 Å². The van der Waals surface area contributed by atoms with Crippen molar-refractivity contribution >= 4 is 68.1 Å². The molecule has 28 heavy (non-hydrogen) atoms. The zero-order chi connectivity index (χ0) is 19.9. The highest BCUT2D eigenvalue weighted by molar-refractivity contribution is 8.01. The molecular formula is C20H20ClN3O2S2. The first-order chi connectivity index (χ1) is 13.5. The molecule has 3 rings (SSSR count). The van der Waals surface area contributed by atoms with Crippen LogP contribution in [0.5, 0.6) is 0 Å². The zero-order valence-electron chi connectivity index (χ0n) is 15.3. The van der Waals surface area contributed by atoms with Crippen LogP contribution in [0.25, 0.3) is 10.2 Å². The second-order valence-electron chi connectivity index (χ2n) is 6.13. The Hall–Kier alpha value is -2.09. The molecule has 5 nitrogen and oxygen atoms in total. The second-order valence-corrected chi connectivity index (χ2v) is 8.79. The van der Waals surface area contributed by atoms with Crippen molar-refractivity contribution in [2.75, 3.05) is 16.4 Å². The van der Waals surface area contributed by atoms with E-state index < -0.39 is 0 Å². The Labute approximate surface area is 176 Å². The third kappa shape index (κ3) is 5.70. The van der Waals surface area contributed by atoms with E-state index in [-0.39, 0.29) is 17.6 Å². The second kappa shape index (κ2) is 9.91. The molecule has 0 fully saturated rings. The van der Waals surface area contributed by atoms with Gasteiger partial charge in [-0.25, -0.2) is 4.98 Å². The summed E-state index contributed by atoms with van der Waals surface area (Å²) in [6.45, 7) is 2.06. The molecule has 0 aliphatic heterocycles. The number of amides is 2. The van der Waals surface area contributed by atoms with Gasteiger partial charge in [-0.1, -0.05) is 48.8 Å². The van der Waals surface area contributed by atoms with Gasteiger partial charge < -0.3 is 10.6 Å². The third-order valence-corrected chi connectivity index (χ3v) is 6.38. The lowest BCUT2D eigenvalue weighted by molar-refractivity contribution is -0.116. The van der Waals surface area contributed by atoms with Crippen LogP contribution in [0.2, 0.25) is 5.02 Å². The molecule has 8 heteroatoms. The third-order valence-electron chi connectivity index (χ3n) is 3.88. The molecule has 2 aromatic carbocycles. The van der Waals surface area contributed by atoms with Crippen LogP contribution in [0.1, 0.15) is 26.2 Å². The van der Waals surface area contributed by atoms with E-state index >= 15 is 0 Å². The number of thioether (sulfide) groups is 1. The Balaban J connectivity index is 1.59. The summed E-state index contributed by atoms with van der Waals surface area (Å²) in [5, 5.41) is 6.23. The number of hydrogen-bond acceptors (Lipinski definition) is 5. The summed E-state index contributed by atoms with van der Waals surface area (Å²) in [7, 11) is 0. The fourth-order valence-electron chi connectivity index (χ4n) is 2.48. The molecule has 0 aliphatic rings. The van der Waals surface area contributed by atoms with Crippen LogP contribution in [0, 0.1) is 0 Å². The van der Waals surface area contributed by atoms with Gasteiger partial charge in [-0.3, -0.25) is 9.59 Å². The molecule has 0 atom stereocenters. The first-order valence-electron chi connectivity index (χ1n) is 8.93. The molecule has 0 saturated heterocycles. The van der Waals surface area contributed by atoms with Crippen LogP contribution in [0.15, 0.2) is 46.8 Å². The van der Waals surface area contributed by atoms with Crippen molar-refractivity contribution in [3.05, 3.63) is 47.5 Å². The average molecular weight is 434 g/mol. The summed E-state index contributed by atoms with van der Waals surface area (Å²) in [6, 6.07) is 12.8. The molecule has 3 aromatic rings. The van der Waals surface area contributed by atoms with Gasteiger partial charge in [0.1, 0.15) is 0 Å². The Kier molecular flexibility index (Phi) is 7.30. The molecule has 0 spiro atoms. The minimum Gasteiger partial charge on any atom is -0.326 e. The molecular weight excluding hydrogens is 414 g/mol. The van der Waals surface area contributed by atoms with Crippen molar-refractivity contribution in [3.63, 3.8) is 0 Å². The Morgan fingerprint density at radius 1 is 1.14 bits per heavy atom. The summed E-state index contributed by atoms with van der Waals surface area (Å²) in [6.07, 6.45) is 2.40. The lowest BCUT2D eigenvalue weighted by Gasteiger charge is -2.05. The maximum atomic E-state index is 12.2. The summed E-state index contributed by atoms with van der Waals surface area (Å²) in [4.78, 5) is 28.6. The molecule has 1 heterocycles. The summed E-state index contributed by atoms with van der Waals surface area (Å²) in [5.41, 5.74) is 2.22. The first kappa shape index (κ1) is 20.6. The molecule has 2 N–H and O–H groups in total. The van der Waals surface area contributed by atoms with Crippen molar-refractivity contribution < 1.29 is 9.59 Å². The summed E-state index contributed by atoms with van der Waals surface area (Å²) < 4.78 is 1.78. The topological polar surface area (TPSA) is 71.1 Å². The molecule has 146 valence electrons. The van der Waals surface area contributed by atoms with Crippen molar-refractivity contribution in [2.45, 2.75) is 30.5 Å². The number of fused-ring (bicyclic) bond motifs is 1. The predicted molar refractivity (Wildman–Crippen MR) is 119 cm³/mol. The van der Waals surface area contributed by atoms with Crippen molar-refractivity contribution in [2.24, 2.45) is 0 Å². The van der Waals surface area contributed by atoms with E-state index in [9.17, 15) is 9.59 Å². The molecule has 0 bridgehead atoms. The van der Waals surface area contributed by atoms with E-state index in [1.54, 1.807) is 12.1 Å². The molecule has 2 amide bonds. The van der Waals surface area contributed by atoms with Gasteiger partial charge in [0.2, 0.25) is 11.8 Å². The Morgan fingerprint density at radius 2 is 1.96 bits per heavy atom. The van der Waals surface area contributed by atoms with Crippen LogP contribution < -0.4 is 10.6 Å². The minimum atomic E-state index is -0.138. The Bertz CT molecular complexity index is 990. The van der Waals surface area contributed by atoms with E-state index in [1.165, 1.54) is 23.1 Å². The van der Waals surface area contributed by atoms with E-state index in [1.807, 2.05) is 30.3 Å². The number of benzene rings is 2. The quantitative estimate of drug-likeness (QED) is 0.440. The predicted octanol–water partition coefficient (Wildman–Crippen LogP) is 5.81. The van der Waals surface area contributed by atoms with E-state index in [2.05, 4.69) is 22.5 Å². The van der Waals surface area contributed by atoms with Gasteiger partial charge in [-0.05, 0) is 36.8 Å². The van der Waals surface area contributed by atoms with E-state index in [0.717, 1.165) is 33.1 Å². The first-order valence-corrected chi connectivity index (χ1v) is 11.1. The maximum absolute atomic E-state index is 12.2. The smallest absolute Gasteiger partial charge is 0.234 e. The fraction of sp³-hybridized carbons (Fsp3) is 0.250. The number of aromatic nitrogens is 1. The fourth-order valence-corrected chi connectivity index (χ4v) is 4.57. The van der Waals surface area contributed by atoms with E-state index in [4.69, 9.17) is 11.6 Å². The number of thiazole rings is 1. The molecule has 1 aromatic heterocycles. The number of para-hydroxylation sites is 1. The van der Waals surface area contributed by atoms with Gasteiger partial charge >= 0.3 is 0 Å². The zero-order valence-corrected chi connectivity index (χ0v) is 17.7. The van der Waals surface area contributed by atoms with Gasteiger partial charge in [-0.15, -0.1) is 11.3 Å². The van der Waals surface area contributed by atoms with Crippen LogP contribution in [-0.4, -0.2) is 22.6 Å². The maximum Gasteiger partial charge on any atom is 0.234 e. The number of halogens is 1. The number of unbranched alkanes of at least 4 members (excludes halogenated alkanes) is 1. The summed E-state index contributed by atoms with van der Waals surface area (Å²) in [5.74, 6) is 0.129. The van der Waals surface area contributed by atoms with Gasteiger partial charge in [0.25, 0.3) is 0 Å². The van der Waals surface area contributed by atoms with Gasteiger partial charge in [0.05, 0.1) is 26.7 Å². The average Bonchev–Trinajstić information content (AvgIpc) is 3.09. The number of rotatable bonds is 8. The van der Waals surface area contributed by atoms with Crippen molar-refractivity contribution in [1.29, 1.82) is 0 Å². The van der Waals surface area contributed by atoms with Crippen molar-refractivity contribution in [1.82, 2.24) is 4.98 Å². The van der Waals surface area contributed by atoms with Crippen LogP contribution >= 0.6 is 34.7 Å². The van der Waals surface area contributed by atoms with Gasteiger partial charge in [0.15, 0.2) is 4.34 Å². The number of nitrogens with one attached hydrogen (secondary N) is 2. The highest BCUT2D eigenvalue weighted by Crippen LogP contribution is 2.31. The van der Waals surface area contributed by atoms with Crippen LogP contribution in [0.3, 0.4) is 0 Å². The Morgan fingerprint density at radius 3 is 2.75 bits per heavy atom.